The SMILES string of the molecule is Nc1cc(C(F)(F)F)cc(NCCc2ccccc2)n1. The van der Waals surface area contributed by atoms with Crippen LogP contribution < -0.4 is 11.1 Å². The van der Waals surface area contributed by atoms with Crippen LogP contribution in [0.5, 0.6) is 0 Å². The first kappa shape index (κ1) is 14.2. The summed E-state index contributed by atoms with van der Waals surface area (Å²) in [5.74, 6) is -0.0182. The molecule has 0 aliphatic rings. The van der Waals surface area contributed by atoms with E-state index in [2.05, 4.69) is 10.3 Å². The summed E-state index contributed by atoms with van der Waals surface area (Å²) >= 11 is 0. The number of hydrogen-bond donors (Lipinski definition) is 2. The number of nitrogens with zero attached hydrogens (tertiary/aromatic N) is 1. The largest absolute Gasteiger partial charge is 0.416 e. The average Bonchev–Trinajstić information content (AvgIpc) is 2.38. The van der Waals surface area contributed by atoms with Crippen LogP contribution in [0, 0.1) is 0 Å². The maximum Gasteiger partial charge on any atom is 0.416 e. The average molecular weight is 281 g/mol. The van der Waals surface area contributed by atoms with Gasteiger partial charge in [0.05, 0.1) is 5.56 Å². The zero-order chi connectivity index (χ0) is 14.6. The van der Waals surface area contributed by atoms with E-state index in [0.717, 1.165) is 17.7 Å². The van der Waals surface area contributed by atoms with E-state index in [1.54, 1.807) is 0 Å². The molecule has 1 aromatic carbocycles. The third kappa shape index (κ3) is 3.88. The summed E-state index contributed by atoms with van der Waals surface area (Å²) in [5, 5.41) is 2.86. The van der Waals surface area contributed by atoms with E-state index in [0.29, 0.717) is 13.0 Å². The summed E-state index contributed by atoms with van der Waals surface area (Å²) in [5.41, 5.74) is 5.69. The topological polar surface area (TPSA) is 50.9 Å². The van der Waals surface area contributed by atoms with E-state index >= 15 is 0 Å². The van der Waals surface area contributed by atoms with E-state index in [1.807, 2.05) is 30.3 Å². The molecule has 0 bridgehead atoms. The number of halogens is 3. The Morgan fingerprint density at radius 2 is 1.80 bits per heavy atom. The molecule has 0 fully saturated rings. The molecule has 0 spiro atoms. The highest BCUT2D eigenvalue weighted by Crippen LogP contribution is 2.31. The molecule has 0 atom stereocenters. The van der Waals surface area contributed by atoms with E-state index in [-0.39, 0.29) is 11.6 Å². The zero-order valence-corrected chi connectivity index (χ0v) is 10.6. The van der Waals surface area contributed by atoms with Crippen molar-refractivity contribution in [3.05, 3.63) is 53.6 Å². The molecule has 2 rings (SSSR count). The van der Waals surface area contributed by atoms with Crippen molar-refractivity contribution in [3.63, 3.8) is 0 Å². The van der Waals surface area contributed by atoms with Gasteiger partial charge in [0.2, 0.25) is 0 Å². The lowest BCUT2D eigenvalue weighted by Crippen LogP contribution is -2.11. The van der Waals surface area contributed by atoms with Gasteiger partial charge in [-0.3, -0.25) is 0 Å². The van der Waals surface area contributed by atoms with Crippen LogP contribution in [0.3, 0.4) is 0 Å². The highest BCUT2D eigenvalue weighted by Gasteiger charge is 2.31. The first-order chi connectivity index (χ1) is 9.45. The highest BCUT2D eigenvalue weighted by atomic mass is 19.4. The van der Waals surface area contributed by atoms with E-state index in [1.165, 1.54) is 0 Å². The predicted molar refractivity (Wildman–Crippen MR) is 72.3 cm³/mol. The van der Waals surface area contributed by atoms with Gasteiger partial charge in [0.15, 0.2) is 0 Å². The third-order valence-corrected chi connectivity index (χ3v) is 2.74. The summed E-state index contributed by atoms with van der Waals surface area (Å²) in [6, 6.07) is 11.4. The Balaban J connectivity index is 2.01. The van der Waals surface area contributed by atoms with Crippen LogP contribution in [-0.2, 0) is 12.6 Å². The maximum absolute atomic E-state index is 12.6. The van der Waals surface area contributed by atoms with Crippen molar-refractivity contribution in [3.8, 4) is 0 Å². The van der Waals surface area contributed by atoms with Gasteiger partial charge >= 0.3 is 6.18 Å². The van der Waals surface area contributed by atoms with Crippen LogP contribution in [-0.4, -0.2) is 11.5 Å². The molecule has 3 N–H and O–H groups in total. The zero-order valence-electron chi connectivity index (χ0n) is 10.6. The van der Waals surface area contributed by atoms with Gasteiger partial charge in [0.1, 0.15) is 11.6 Å². The third-order valence-electron chi connectivity index (χ3n) is 2.74. The minimum absolute atomic E-state index is 0.133. The second kappa shape index (κ2) is 5.81. The quantitative estimate of drug-likeness (QED) is 0.903. The molecule has 0 unspecified atom stereocenters. The Hall–Kier alpha value is -2.24. The number of hydrogen-bond acceptors (Lipinski definition) is 3. The van der Waals surface area contributed by atoms with Crippen LogP contribution in [0.4, 0.5) is 24.8 Å². The highest BCUT2D eigenvalue weighted by molar-refractivity contribution is 5.47. The van der Waals surface area contributed by atoms with Crippen molar-refractivity contribution in [2.75, 3.05) is 17.6 Å². The summed E-state index contributed by atoms with van der Waals surface area (Å²) in [7, 11) is 0. The Bertz CT molecular complexity index is 568. The van der Waals surface area contributed by atoms with E-state index in [4.69, 9.17) is 5.73 Å². The molecule has 0 amide bonds. The van der Waals surface area contributed by atoms with Gasteiger partial charge in [-0.15, -0.1) is 0 Å². The number of nitrogens with two attached hydrogens (primary N) is 1. The lowest BCUT2D eigenvalue weighted by molar-refractivity contribution is -0.137. The fourth-order valence-corrected chi connectivity index (χ4v) is 1.79. The molecule has 3 nitrogen and oxygen atoms in total. The van der Waals surface area contributed by atoms with Crippen LogP contribution >= 0.6 is 0 Å². The smallest absolute Gasteiger partial charge is 0.384 e. The molecule has 1 heterocycles. The molecule has 20 heavy (non-hydrogen) atoms. The van der Waals surface area contributed by atoms with Crippen LogP contribution in [0.1, 0.15) is 11.1 Å². The van der Waals surface area contributed by atoms with Gasteiger partial charge in [-0.2, -0.15) is 13.2 Å². The van der Waals surface area contributed by atoms with Crippen molar-refractivity contribution in [1.29, 1.82) is 0 Å². The Morgan fingerprint density at radius 3 is 2.45 bits per heavy atom. The standard InChI is InChI=1S/C14H14F3N3/c15-14(16,17)11-8-12(18)20-13(9-11)19-7-6-10-4-2-1-3-5-10/h1-5,8-9H,6-7H2,(H3,18,19,20). The summed E-state index contributed by atoms with van der Waals surface area (Å²) in [4.78, 5) is 3.85. The minimum Gasteiger partial charge on any atom is -0.384 e. The first-order valence-corrected chi connectivity index (χ1v) is 6.08. The van der Waals surface area contributed by atoms with Crippen LogP contribution in [0.2, 0.25) is 0 Å². The van der Waals surface area contributed by atoms with Crippen molar-refractivity contribution < 1.29 is 13.2 Å². The molecule has 0 radical (unpaired) electrons. The van der Waals surface area contributed by atoms with Crippen LogP contribution in [0.15, 0.2) is 42.5 Å². The van der Waals surface area contributed by atoms with Gasteiger partial charge in [0, 0.05) is 6.54 Å². The summed E-state index contributed by atoms with van der Waals surface area (Å²) in [6.07, 6.45) is -3.73. The predicted octanol–water partition coefficient (Wildman–Crippen LogP) is 3.34. The molecule has 2 aromatic rings. The molecule has 0 saturated carbocycles. The van der Waals surface area contributed by atoms with E-state index < -0.39 is 11.7 Å². The van der Waals surface area contributed by atoms with Crippen LogP contribution in [0.25, 0.3) is 0 Å². The fourth-order valence-electron chi connectivity index (χ4n) is 1.79. The molecular formula is C14H14F3N3. The number of anilines is 2. The second-order valence-electron chi connectivity index (χ2n) is 4.33. The number of alkyl halides is 3. The Morgan fingerprint density at radius 1 is 1.10 bits per heavy atom. The van der Waals surface area contributed by atoms with Crippen molar-refractivity contribution >= 4 is 11.6 Å². The molecule has 1 aromatic heterocycles. The van der Waals surface area contributed by atoms with Crippen molar-refractivity contribution in [1.82, 2.24) is 4.98 Å². The molecule has 6 heteroatoms. The van der Waals surface area contributed by atoms with Gasteiger partial charge in [-0.05, 0) is 24.1 Å². The van der Waals surface area contributed by atoms with E-state index in [9.17, 15) is 13.2 Å². The van der Waals surface area contributed by atoms with Gasteiger partial charge in [-0.25, -0.2) is 4.98 Å². The Labute approximate surface area is 114 Å². The molecular weight excluding hydrogens is 267 g/mol. The molecule has 106 valence electrons. The summed E-state index contributed by atoms with van der Waals surface area (Å²) < 4.78 is 37.9. The lowest BCUT2D eigenvalue weighted by atomic mass is 10.1. The number of nitrogens with one attached hydrogen (secondary N) is 1. The Kier molecular flexibility index (Phi) is 4.12. The maximum atomic E-state index is 12.6. The van der Waals surface area contributed by atoms with Gasteiger partial charge < -0.3 is 11.1 Å². The number of aromatic nitrogens is 1. The molecule has 0 aliphatic heterocycles. The molecule has 0 saturated heterocycles. The van der Waals surface area contributed by atoms with Gasteiger partial charge in [0.25, 0.3) is 0 Å². The minimum atomic E-state index is -4.42. The normalized spacial score (nSPS) is 11.3. The van der Waals surface area contributed by atoms with Gasteiger partial charge in [-0.1, -0.05) is 30.3 Å². The number of benzene rings is 1. The lowest BCUT2D eigenvalue weighted by Gasteiger charge is -2.11. The first-order valence-electron chi connectivity index (χ1n) is 6.08. The second-order valence-corrected chi connectivity index (χ2v) is 4.33. The summed E-state index contributed by atoms with van der Waals surface area (Å²) in [6.45, 7) is 0.484. The number of pyridine rings is 1. The van der Waals surface area contributed by atoms with Crippen molar-refractivity contribution in [2.24, 2.45) is 0 Å². The number of rotatable bonds is 4. The molecule has 0 aliphatic carbocycles. The van der Waals surface area contributed by atoms with Crippen molar-refractivity contribution in [2.45, 2.75) is 12.6 Å². The fraction of sp³-hybridized carbons (Fsp3) is 0.214. The number of nitrogen functional groups attached to an aromatic ring is 1. The monoisotopic (exact) mass is 281 g/mol.